The van der Waals surface area contributed by atoms with Gasteiger partial charge in [-0.05, 0) is 56.2 Å². The Morgan fingerprint density at radius 1 is 1.14 bits per heavy atom. The maximum atomic E-state index is 10.0. The molecule has 2 aliphatic heterocycles. The van der Waals surface area contributed by atoms with E-state index in [1.54, 1.807) is 0 Å². The summed E-state index contributed by atoms with van der Waals surface area (Å²) >= 11 is 3.63. The molecule has 4 rings (SSSR count). The van der Waals surface area contributed by atoms with Crippen molar-refractivity contribution in [1.29, 1.82) is 0 Å². The van der Waals surface area contributed by atoms with Crippen molar-refractivity contribution < 1.29 is 5.11 Å². The second kappa shape index (κ2) is 5.56. The van der Waals surface area contributed by atoms with Crippen LogP contribution in [0.3, 0.4) is 0 Å². The lowest BCUT2D eigenvalue weighted by Crippen LogP contribution is -2.45. The summed E-state index contributed by atoms with van der Waals surface area (Å²) in [5.74, 6) is 0. The molecular formula is C17H23BrN2O. The third kappa shape index (κ3) is 2.86. The first-order valence-electron chi connectivity index (χ1n) is 8.19. The van der Waals surface area contributed by atoms with Gasteiger partial charge in [-0.1, -0.05) is 22.0 Å². The van der Waals surface area contributed by atoms with Crippen molar-refractivity contribution in [3.63, 3.8) is 0 Å². The molecule has 2 atom stereocenters. The number of aliphatic hydroxyl groups is 1. The predicted molar refractivity (Wildman–Crippen MR) is 88.5 cm³/mol. The van der Waals surface area contributed by atoms with Crippen molar-refractivity contribution in [2.75, 3.05) is 4.90 Å². The number of halogens is 1. The Morgan fingerprint density at radius 3 is 2.52 bits per heavy atom. The average Bonchev–Trinajstić information content (AvgIpc) is 3.23. The smallest absolute Gasteiger partial charge is 0.0579 e. The Balaban J connectivity index is 1.61. The van der Waals surface area contributed by atoms with Crippen LogP contribution in [0.15, 0.2) is 22.7 Å². The lowest BCUT2D eigenvalue weighted by atomic mass is 9.97. The van der Waals surface area contributed by atoms with Crippen LogP contribution in [-0.4, -0.2) is 29.3 Å². The molecule has 1 aromatic rings. The Morgan fingerprint density at radius 2 is 1.86 bits per heavy atom. The molecule has 2 unspecified atom stereocenters. The second-order valence-electron chi connectivity index (χ2n) is 6.85. The summed E-state index contributed by atoms with van der Waals surface area (Å²) < 4.78 is 1.15. The minimum absolute atomic E-state index is 0.0982. The van der Waals surface area contributed by atoms with Crippen LogP contribution in [0.1, 0.15) is 44.1 Å². The molecule has 1 aromatic carbocycles. The number of aliphatic hydroxyl groups excluding tert-OH is 1. The third-order valence-corrected chi connectivity index (χ3v) is 5.69. The summed E-state index contributed by atoms with van der Waals surface area (Å²) in [5, 5.41) is 13.7. The second-order valence-corrected chi connectivity index (χ2v) is 7.76. The largest absolute Gasteiger partial charge is 0.393 e. The Hall–Kier alpha value is -0.580. The van der Waals surface area contributed by atoms with Crippen LogP contribution in [0.5, 0.6) is 0 Å². The summed E-state index contributed by atoms with van der Waals surface area (Å²) in [6.45, 7) is 0.964. The van der Waals surface area contributed by atoms with Crippen LogP contribution in [0.25, 0.3) is 0 Å². The minimum atomic E-state index is -0.0982. The monoisotopic (exact) mass is 350 g/mol. The molecule has 4 heteroatoms. The van der Waals surface area contributed by atoms with E-state index in [-0.39, 0.29) is 6.10 Å². The van der Waals surface area contributed by atoms with E-state index in [0.29, 0.717) is 12.1 Å². The molecule has 2 N–H and O–H groups in total. The van der Waals surface area contributed by atoms with Crippen LogP contribution in [-0.2, 0) is 6.54 Å². The highest BCUT2D eigenvalue weighted by Crippen LogP contribution is 2.41. The van der Waals surface area contributed by atoms with Crippen LogP contribution in [0.4, 0.5) is 5.69 Å². The number of hydrogen-bond acceptors (Lipinski definition) is 3. The van der Waals surface area contributed by atoms with E-state index in [1.807, 2.05) is 0 Å². The number of benzene rings is 1. The molecule has 1 aliphatic carbocycles. The molecule has 3 nitrogen and oxygen atoms in total. The van der Waals surface area contributed by atoms with Gasteiger partial charge < -0.3 is 15.3 Å². The zero-order valence-electron chi connectivity index (χ0n) is 12.3. The highest BCUT2D eigenvalue weighted by Gasteiger charge is 2.41. The normalized spacial score (nSPS) is 31.7. The van der Waals surface area contributed by atoms with Gasteiger partial charge in [0.25, 0.3) is 0 Å². The number of anilines is 1. The number of rotatable bonds is 4. The molecule has 1 saturated carbocycles. The lowest BCUT2D eigenvalue weighted by molar-refractivity contribution is 0.126. The van der Waals surface area contributed by atoms with Crippen molar-refractivity contribution in [1.82, 2.24) is 5.32 Å². The predicted octanol–water partition coefficient (Wildman–Crippen LogP) is 3.19. The third-order valence-electron chi connectivity index (χ3n) is 5.19. The SMILES string of the molecule is OC1CC2CCC(C1)N2c1cc(Br)ccc1CNC1CC1. The first kappa shape index (κ1) is 14.0. The highest BCUT2D eigenvalue weighted by atomic mass is 79.9. The van der Waals surface area contributed by atoms with Crippen molar-refractivity contribution in [2.45, 2.75) is 69.3 Å². The number of nitrogens with zero attached hydrogens (tertiary/aromatic N) is 1. The van der Waals surface area contributed by atoms with E-state index in [0.717, 1.165) is 29.9 Å². The fourth-order valence-corrected chi connectivity index (χ4v) is 4.36. The molecule has 3 fully saturated rings. The molecule has 2 saturated heterocycles. The molecule has 2 bridgehead atoms. The fraction of sp³-hybridized carbons (Fsp3) is 0.647. The van der Waals surface area contributed by atoms with E-state index in [9.17, 15) is 5.11 Å². The van der Waals surface area contributed by atoms with Gasteiger partial charge in [0.2, 0.25) is 0 Å². The average molecular weight is 351 g/mol. The van der Waals surface area contributed by atoms with Crippen LogP contribution < -0.4 is 10.2 Å². The van der Waals surface area contributed by atoms with E-state index in [4.69, 9.17) is 0 Å². The maximum Gasteiger partial charge on any atom is 0.0579 e. The summed E-state index contributed by atoms with van der Waals surface area (Å²) in [5.41, 5.74) is 2.77. The van der Waals surface area contributed by atoms with Gasteiger partial charge in [-0.15, -0.1) is 0 Å². The molecule has 21 heavy (non-hydrogen) atoms. The fourth-order valence-electron chi connectivity index (χ4n) is 4.01. The summed E-state index contributed by atoms with van der Waals surface area (Å²) in [6.07, 6.45) is 6.86. The minimum Gasteiger partial charge on any atom is -0.393 e. The Labute approximate surface area is 134 Å². The zero-order chi connectivity index (χ0) is 14.4. The number of fused-ring (bicyclic) bond motifs is 2. The van der Waals surface area contributed by atoms with E-state index < -0.39 is 0 Å². The van der Waals surface area contributed by atoms with E-state index >= 15 is 0 Å². The van der Waals surface area contributed by atoms with E-state index in [1.165, 1.54) is 36.9 Å². The highest BCUT2D eigenvalue weighted by molar-refractivity contribution is 9.10. The quantitative estimate of drug-likeness (QED) is 0.875. The summed E-state index contributed by atoms with van der Waals surface area (Å²) in [7, 11) is 0. The van der Waals surface area contributed by atoms with Crippen molar-refractivity contribution in [2.24, 2.45) is 0 Å². The summed E-state index contributed by atoms with van der Waals surface area (Å²) in [6, 6.07) is 8.45. The van der Waals surface area contributed by atoms with E-state index in [2.05, 4.69) is 44.3 Å². The Bertz CT molecular complexity index is 518. The van der Waals surface area contributed by atoms with Crippen molar-refractivity contribution in [3.05, 3.63) is 28.2 Å². The summed E-state index contributed by atoms with van der Waals surface area (Å²) in [4.78, 5) is 2.60. The molecular weight excluding hydrogens is 328 g/mol. The molecule has 3 aliphatic rings. The van der Waals surface area contributed by atoms with Crippen LogP contribution >= 0.6 is 15.9 Å². The molecule has 0 aromatic heterocycles. The molecule has 0 amide bonds. The van der Waals surface area contributed by atoms with Crippen LogP contribution in [0, 0.1) is 0 Å². The number of piperidine rings is 1. The standard InChI is InChI=1S/C17H23BrN2O/c18-12-2-1-11(10-19-13-3-4-13)17(7-12)20-14-5-6-15(20)9-16(21)8-14/h1-2,7,13-16,19,21H,3-6,8-10H2. The van der Waals surface area contributed by atoms with Gasteiger partial charge in [-0.25, -0.2) is 0 Å². The molecule has 0 radical (unpaired) electrons. The lowest BCUT2D eigenvalue weighted by Gasteiger charge is -2.40. The van der Waals surface area contributed by atoms with Crippen LogP contribution in [0.2, 0.25) is 0 Å². The number of hydrogen-bond donors (Lipinski definition) is 2. The van der Waals surface area contributed by atoms with Gasteiger partial charge in [-0.2, -0.15) is 0 Å². The van der Waals surface area contributed by atoms with Crippen molar-refractivity contribution in [3.8, 4) is 0 Å². The van der Waals surface area contributed by atoms with Crippen molar-refractivity contribution >= 4 is 21.6 Å². The van der Waals surface area contributed by atoms with Gasteiger partial charge in [0.05, 0.1) is 6.10 Å². The van der Waals surface area contributed by atoms with Gasteiger partial charge in [0.15, 0.2) is 0 Å². The first-order chi connectivity index (χ1) is 10.2. The number of nitrogens with one attached hydrogen (secondary N) is 1. The van der Waals surface area contributed by atoms with Gasteiger partial charge in [0.1, 0.15) is 0 Å². The molecule has 0 spiro atoms. The zero-order valence-corrected chi connectivity index (χ0v) is 13.8. The molecule has 2 heterocycles. The van der Waals surface area contributed by atoms with Gasteiger partial charge in [0, 0.05) is 34.8 Å². The van der Waals surface area contributed by atoms with Gasteiger partial charge in [-0.3, -0.25) is 0 Å². The van der Waals surface area contributed by atoms with Gasteiger partial charge >= 0.3 is 0 Å². The molecule has 114 valence electrons. The maximum absolute atomic E-state index is 10.0. The topological polar surface area (TPSA) is 35.5 Å². The Kier molecular flexibility index (Phi) is 3.72. The first-order valence-corrected chi connectivity index (χ1v) is 8.98.